The van der Waals surface area contributed by atoms with Crippen molar-refractivity contribution in [2.45, 2.75) is 25.7 Å². The molecule has 0 radical (unpaired) electrons. The minimum Gasteiger partial charge on any atom is -0.477 e. The van der Waals surface area contributed by atoms with Crippen molar-refractivity contribution in [3.8, 4) is 0 Å². The Morgan fingerprint density at radius 2 is 2.15 bits per heavy atom. The number of fused-ring (bicyclic) bond motifs is 1. The van der Waals surface area contributed by atoms with Crippen LogP contribution in [0.3, 0.4) is 0 Å². The summed E-state index contributed by atoms with van der Waals surface area (Å²) >= 11 is 0. The molecule has 1 fully saturated rings. The van der Waals surface area contributed by atoms with Crippen molar-refractivity contribution in [2.75, 3.05) is 13.1 Å². The predicted molar refractivity (Wildman–Crippen MR) is 72.4 cm³/mol. The van der Waals surface area contributed by atoms with Crippen LogP contribution in [0.15, 0.2) is 10.9 Å². The van der Waals surface area contributed by atoms with Gasteiger partial charge in [0.2, 0.25) is 0 Å². The average Bonchev–Trinajstić information content (AvgIpc) is 2.74. The molecule has 7 heteroatoms. The van der Waals surface area contributed by atoms with Crippen LogP contribution in [0.4, 0.5) is 0 Å². The SMILES string of the molecule is Cc1nn2c(C3CCNCC3)cc(=O)[nH]c2c1C(=O)O. The number of rotatable bonds is 2. The van der Waals surface area contributed by atoms with E-state index >= 15 is 0 Å². The Balaban J connectivity index is 2.24. The second-order valence-electron chi connectivity index (χ2n) is 5.11. The largest absolute Gasteiger partial charge is 0.477 e. The Bertz CT molecular complexity index is 725. The van der Waals surface area contributed by atoms with Crippen LogP contribution in [0.5, 0.6) is 0 Å². The van der Waals surface area contributed by atoms with E-state index < -0.39 is 5.97 Å². The van der Waals surface area contributed by atoms with Crippen molar-refractivity contribution < 1.29 is 9.90 Å². The van der Waals surface area contributed by atoms with Gasteiger partial charge in [-0.25, -0.2) is 9.31 Å². The fourth-order valence-corrected chi connectivity index (χ4v) is 2.84. The second-order valence-corrected chi connectivity index (χ2v) is 5.11. The molecular weight excluding hydrogens is 260 g/mol. The lowest BCUT2D eigenvalue weighted by molar-refractivity contribution is 0.0698. The normalized spacial score (nSPS) is 16.6. The van der Waals surface area contributed by atoms with Gasteiger partial charge in [0, 0.05) is 12.0 Å². The summed E-state index contributed by atoms with van der Waals surface area (Å²) in [5.74, 6) is -0.849. The highest BCUT2D eigenvalue weighted by molar-refractivity contribution is 5.95. The van der Waals surface area contributed by atoms with E-state index in [2.05, 4.69) is 15.4 Å². The van der Waals surface area contributed by atoms with E-state index in [0.29, 0.717) is 5.69 Å². The van der Waals surface area contributed by atoms with E-state index in [0.717, 1.165) is 31.6 Å². The molecule has 7 nitrogen and oxygen atoms in total. The average molecular weight is 276 g/mol. The van der Waals surface area contributed by atoms with Gasteiger partial charge in [0.1, 0.15) is 5.56 Å². The summed E-state index contributed by atoms with van der Waals surface area (Å²) in [5, 5.41) is 16.8. The summed E-state index contributed by atoms with van der Waals surface area (Å²) in [6.45, 7) is 3.43. The monoisotopic (exact) mass is 276 g/mol. The first kappa shape index (κ1) is 12.9. The van der Waals surface area contributed by atoms with Gasteiger partial charge in [-0.3, -0.25) is 4.79 Å². The minimum atomic E-state index is -1.07. The van der Waals surface area contributed by atoms with E-state index in [-0.39, 0.29) is 22.7 Å². The molecule has 1 saturated heterocycles. The van der Waals surface area contributed by atoms with Gasteiger partial charge in [0.05, 0.1) is 11.4 Å². The van der Waals surface area contributed by atoms with Crippen molar-refractivity contribution >= 4 is 11.6 Å². The standard InChI is InChI=1S/C13H16N4O3/c1-7-11(13(19)20)12-15-10(18)6-9(17(12)16-7)8-2-4-14-5-3-8/h6,8,14H,2-5H2,1H3,(H,15,18)(H,19,20). The number of carboxylic acid groups (broad SMARTS) is 1. The number of carboxylic acids is 1. The number of piperidine rings is 1. The van der Waals surface area contributed by atoms with Crippen molar-refractivity contribution in [1.29, 1.82) is 0 Å². The van der Waals surface area contributed by atoms with E-state index in [1.54, 1.807) is 11.4 Å². The van der Waals surface area contributed by atoms with Crippen LogP contribution in [-0.4, -0.2) is 38.8 Å². The topological polar surface area (TPSA) is 99.5 Å². The highest BCUT2D eigenvalue weighted by Gasteiger charge is 2.23. The van der Waals surface area contributed by atoms with E-state index in [1.165, 1.54) is 6.07 Å². The van der Waals surface area contributed by atoms with Crippen LogP contribution in [0, 0.1) is 6.92 Å². The van der Waals surface area contributed by atoms with Crippen LogP contribution in [0.25, 0.3) is 5.65 Å². The van der Waals surface area contributed by atoms with Gasteiger partial charge in [0.25, 0.3) is 5.56 Å². The quantitative estimate of drug-likeness (QED) is 0.741. The number of nitrogens with one attached hydrogen (secondary N) is 2. The summed E-state index contributed by atoms with van der Waals surface area (Å²) in [5.41, 5.74) is 1.26. The van der Waals surface area contributed by atoms with E-state index in [1.807, 2.05) is 0 Å². The molecular formula is C13H16N4O3. The zero-order valence-corrected chi connectivity index (χ0v) is 11.1. The third-order valence-corrected chi connectivity index (χ3v) is 3.80. The summed E-state index contributed by atoms with van der Waals surface area (Å²) in [6, 6.07) is 1.53. The molecule has 0 aliphatic carbocycles. The van der Waals surface area contributed by atoms with Crippen LogP contribution >= 0.6 is 0 Å². The van der Waals surface area contributed by atoms with Gasteiger partial charge in [-0.1, -0.05) is 0 Å². The van der Waals surface area contributed by atoms with Gasteiger partial charge in [-0.05, 0) is 32.9 Å². The van der Waals surface area contributed by atoms with E-state index in [9.17, 15) is 14.7 Å². The Labute approximate surface area is 114 Å². The fraction of sp³-hybridized carbons (Fsp3) is 0.462. The number of aromatic carboxylic acids is 1. The molecule has 0 bridgehead atoms. The lowest BCUT2D eigenvalue weighted by Crippen LogP contribution is -2.28. The first-order valence-electron chi connectivity index (χ1n) is 6.64. The number of aromatic amines is 1. The van der Waals surface area contributed by atoms with Gasteiger partial charge in [-0.2, -0.15) is 5.10 Å². The van der Waals surface area contributed by atoms with Crippen molar-refractivity contribution in [2.24, 2.45) is 0 Å². The maximum atomic E-state index is 11.8. The molecule has 0 unspecified atom stereocenters. The second kappa shape index (κ2) is 4.75. The highest BCUT2D eigenvalue weighted by Crippen LogP contribution is 2.25. The molecule has 0 atom stereocenters. The summed E-state index contributed by atoms with van der Waals surface area (Å²) < 4.78 is 1.58. The van der Waals surface area contributed by atoms with Crippen LogP contribution < -0.4 is 10.9 Å². The zero-order valence-electron chi connectivity index (χ0n) is 11.1. The first-order chi connectivity index (χ1) is 9.58. The molecule has 0 saturated carbocycles. The molecule has 1 aliphatic rings. The van der Waals surface area contributed by atoms with Gasteiger partial charge in [0.15, 0.2) is 5.65 Å². The number of aromatic nitrogens is 3. The van der Waals surface area contributed by atoms with Crippen molar-refractivity contribution in [3.63, 3.8) is 0 Å². The third-order valence-electron chi connectivity index (χ3n) is 3.80. The Morgan fingerprint density at radius 3 is 2.80 bits per heavy atom. The lowest BCUT2D eigenvalue weighted by Gasteiger charge is -2.23. The van der Waals surface area contributed by atoms with Crippen molar-refractivity contribution in [3.05, 3.63) is 33.4 Å². The van der Waals surface area contributed by atoms with Gasteiger partial charge >= 0.3 is 5.97 Å². The molecule has 3 N–H and O–H groups in total. The summed E-state index contributed by atoms with van der Waals surface area (Å²) in [7, 11) is 0. The Morgan fingerprint density at radius 1 is 1.45 bits per heavy atom. The van der Waals surface area contributed by atoms with Gasteiger partial charge in [-0.15, -0.1) is 0 Å². The zero-order chi connectivity index (χ0) is 14.3. The molecule has 0 amide bonds. The lowest BCUT2D eigenvalue weighted by atomic mass is 9.94. The van der Waals surface area contributed by atoms with Crippen LogP contribution in [0.1, 0.15) is 40.5 Å². The maximum absolute atomic E-state index is 11.8. The molecule has 2 aromatic rings. The fourth-order valence-electron chi connectivity index (χ4n) is 2.84. The molecule has 0 aromatic carbocycles. The molecule has 2 aromatic heterocycles. The molecule has 3 heterocycles. The Hall–Kier alpha value is -2.15. The molecule has 1 aliphatic heterocycles. The number of hydrogen-bond acceptors (Lipinski definition) is 4. The number of aryl methyl sites for hydroxylation is 1. The molecule has 106 valence electrons. The smallest absolute Gasteiger partial charge is 0.341 e. The van der Waals surface area contributed by atoms with Crippen LogP contribution in [-0.2, 0) is 0 Å². The first-order valence-corrected chi connectivity index (χ1v) is 6.64. The number of hydrogen-bond donors (Lipinski definition) is 3. The highest BCUT2D eigenvalue weighted by atomic mass is 16.4. The summed E-state index contributed by atoms with van der Waals surface area (Å²) in [4.78, 5) is 25.7. The van der Waals surface area contributed by atoms with Crippen molar-refractivity contribution in [1.82, 2.24) is 19.9 Å². The van der Waals surface area contributed by atoms with E-state index in [4.69, 9.17) is 0 Å². The van der Waals surface area contributed by atoms with Gasteiger partial charge < -0.3 is 15.4 Å². The number of carbonyl (C=O) groups is 1. The summed E-state index contributed by atoms with van der Waals surface area (Å²) in [6.07, 6.45) is 1.83. The van der Waals surface area contributed by atoms with Crippen LogP contribution in [0.2, 0.25) is 0 Å². The number of H-pyrrole nitrogens is 1. The minimum absolute atomic E-state index is 0.0675. The number of nitrogens with zero attached hydrogens (tertiary/aromatic N) is 2. The molecule has 0 spiro atoms. The molecule has 3 rings (SSSR count). The Kier molecular flexibility index (Phi) is 3.06. The third kappa shape index (κ3) is 2.00. The maximum Gasteiger partial charge on any atom is 0.341 e. The molecule has 20 heavy (non-hydrogen) atoms. The predicted octanol–water partition coefficient (Wildman–Crippen LogP) is 0.496.